The molecule has 1 N–H and O–H groups in total. The number of rotatable bonds is 9. The van der Waals surface area contributed by atoms with Crippen LogP contribution in [0, 0.1) is 0 Å². The number of nitrogens with zero attached hydrogens (tertiary/aromatic N) is 4. The molecule has 2 aromatic heterocycles. The van der Waals surface area contributed by atoms with Crippen LogP contribution in [0.5, 0.6) is 5.75 Å². The summed E-state index contributed by atoms with van der Waals surface area (Å²) in [7, 11) is 1.70. The first-order chi connectivity index (χ1) is 16.3. The van der Waals surface area contributed by atoms with Crippen LogP contribution >= 0.6 is 0 Å². The van der Waals surface area contributed by atoms with Gasteiger partial charge in [-0.2, -0.15) is 4.98 Å². The molecule has 2 aromatic carbocycles. The van der Waals surface area contributed by atoms with Gasteiger partial charge in [0.05, 0.1) is 12.3 Å². The lowest BCUT2D eigenvalue weighted by molar-refractivity contribution is 0.185. The van der Waals surface area contributed by atoms with E-state index in [2.05, 4.69) is 39.5 Å². The second kappa shape index (κ2) is 10.0. The highest BCUT2D eigenvalue weighted by atomic mass is 16.5. The number of likely N-dealkylation sites (tertiary alicyclic amines) is 1. The molecule has 33 heavy (non-hydrogen) atoms. The molecule has 5 rings (SSSR count). The van der Waals surface area contributed by atoms with Crippen molar-refractivity contribution in [1.82, 2.24) is 19.5 Å². The van der Waals surface area contributed by atoms with Crippen molar-refractivity contribution in [3.8, 4) is 17.0 Å². The van der Waals surface area contributed by atoms with Crippen molar-refractivity contribution in [3.05, 3.63) is 72.3 Å². The van der Waals surface area contributed by atoms with Crippen LogP contribution in [0.15, 0.2) is 66.7 Å². The lowest BCUT2D eigenvalue weighted by atomic mass is 10.1. The number of ether oxygens (including phenoxy) is 2. The van der Waals surface area contributed by atoms with E-state index in [1.165, 1.54) is 25.9 Å². The predicted molar refractivity (Wildman–Crippen MR) is 130 cm³/mol. The number of nitrogens with one attached hydrogen (secondary N) is 1. The van der Waals surface area contributed by atoms with E-state index >= 15 is 0 Å². The van der Waals surface area contributed by atoms with Crippen LogP contribution in [0.2, 0.25) is 0 Å². The quantitative estimate of drug-likeness (QED) is 0.402. The zero-order valence-electron chi connectivity index (χ0n) is 18.9. The van der Waals surface area contributed by atoms with Crippen LogP contribution in [0.3, 0.4) is 0 Å². The second-order valence-corrected chi connectivity index (χ2v) is 8.29. The smallest absolute Gasteiger partial charge is 0.247 e. The molecule has 0 radical (unpaired) electrons. The Bertz CT molecular complexity index is 1180. The highest BCUT2D eigenvalue weighted by molar-refractivity contribution is 5.65. The summed E-state index contributed by atoms with van der Waals surface area (Å²) in [5.74, 6) is 1.43. The van der Waals surface area contributed by atoms with E-state index in [4.69, 9.17) is 14.6 Å². The summed E-state index contributed by atoms with van der Waals surface area (Å²) in [5, 5.41) is 7.99. The van der Waals surface area contributed by atoms with E-state index in [9.17, 15) is 0 Å². The Morgan fingerprint density at radius 2 is 1.73 bits per heavy atom. The summed E-state index contributed by atoms with van der Waals surface area (Å²) >= 11 is 0. The number of methoxy groups -OCH3 is 1. The third kappa shape index (κ3) is 5.16. The molecule has 1 aliphatic rings. The number of aromatic nitrogens is 3. The maximum Gasteiger partial charge on any atom is 0.247 e. The van der Waals surface area contributed by atoms with Crippen molar-refractivity contribution in [2.24, 2.45) is 0 Å². The highest BCUT2D eigenvalue weighted by Gasteiger charge is 2.11. The van der Waals surface area contributed by atoms with Gasteiger partial charge in [0.2, 0.25) is 5.95 Å². The van der Waals surface area contributed by atoms with Gasteiger partial charge in [-0.1, -0.05) is 30.3 Å². The zero-order chi connectivity index (χ0) is 22.5. The lowest BCUT2D eigenvalue weighted by Gasteiger charge is -2.15. The first-order valence-corrected chi connectivity index (χ1v) is 11.4. The third-order valence-corrected chi connectivity index (χ3v) is 5.91. The summed E-state index contributed by atoms with van der Waals surface area (Å²) in [4.78, 5) is 7.09. The molecule has 7 heteroatoms. The molecular formula is C26H29N5O2. The first kappa shape index (κ1) is 21.4. The first-order valence-electron chi connectivity index (χ1n) is 11.4. The molecule has 0 saturated carbocycles. The minimum Gasteiger partial charge on any atom is -0.492 e. The SMILES string of the molecule is COCc1ccc(-c2cccc3nc(Nc4ccc(OCCN5CCCC5)cc4)nn23)cc1. The molecule has 0 unspecified atom stereocenters. The molecule has 0 amide bonds. The van der Waals surface area contributed by atoms with Crippen LogP contribution in [-0.4, -0.2) is 52.8 Å². The fourth-order valence-corrected chi connectivity index (χ4v) is 4.18. The Morgan fingerprint density at radius 3 is 2.48 bits per heavy atom. The van der Waals surface area contributed by atoms with Crippen molar-refractivity contribution >= 4 is 17.3 Å². The number of fused-ring (bicyclic) bond motifs is 1. The van der Waals surface area contributed by atoms with Gasteiger partial charge in [0, 0.05) is 24.9 Å². The van der Waals surface area contributed by atoms with Gasteiger partial charge in [0.25, 0.3) is 0 Å². The van der Waals surface area contributed by atoms with Crippen molar-refractivity contribution in [2.45, 2.75) is 19.4 Å². The number of anilines is 2. The van der Waals surface area contributed by atoms with E-state index in [0.29, 0.717) is 12.6 Å². The molecule has 1 aliphatic heterocycles. The van der Waals surface area contributed by atoms with Crippen molar-refractivity contribution in [1.29, 1.82) is 0 Å². The monoisotopic (exact) mass is 443 g/mol. The van der Waals surface area contributed by atoms with Crippen LogP contribution in [0.4, 0.5) is 11.6 Å². The molecule has 0 aliphatic carbocycles. The van der Waals surface area contributed by atoms with Crippen LogP contribution in [-0.2, 0) is 11.3 Å². The maximum absolute atomic E-state index is 5.90. The number of hydrogen-bond acceptors (Lipinski definition) is 6. The molecule has 7 nitrogen and oxygen atoms in total. The van der Waals surface area contributed by atoms with Gasteiger partial charge in [-0.3, -0.25) is 4.90 Å². The molecular weight excluding hydrogens is 414 g/mol. The fraction of sp³-hybridized carbons (Fsp3) is 0.308. The van der Waals surface area contributed by atoms with E-state index in [-0.39, 0.29) is 0 Å². The lowest BCUT2D eigenvalue weighted by Crippen LogP contribution is -2.25. The van der Waals surface area contributed by atoms with Crippen LogP contribution in [0.25, 0.3) is 16.9 Å². The summed E-state index contributed by atoms with van der Waals surface area (Å²) in [6, 6.07) is 22.3. The van der Waals surface area contributed by atoms with Gasteiger partial charge in [0.15, 0.2) is 5.65 Å². The minimum absolute atomic E-state index is 0.557. The Kier molecular flexibility index (Phi) is 6.51. The van der Waals surface area contributed by atoms with Gasteiger partial charge in [-0.15, -0.1) is 5.10 Å². The van der Waals surface area contributed by atoms with Crippen LogP contribution in [0.1, 0.15) is 18.4 Å². The van der Waals surface area contributed by atoms with Crippen LogP contribution < -0.4 is 10.1 Å². The standard InChI is InChI=1S/C26H29N5O2/c1-32-19-20-7-9-21(10-8-20)24-5-4-6-25-28-26(29-31(24)25)27-22-11-13-23(14-12-22)33-18-17-30-15-2-3-16-30/h4-14H,2-3,15-19H2,1H3,(H,27,29). The van der Waals surface area contributed by atoms with Crippen molar-refractivity contribution in [2.75, 3.05) is 38.7 Å². The molecule has 4 aromatic rings. The Balaban J connectivity index is 1.26. The number of hydrogen-bond donors (Lipinski definition) is 1. The normalized spacial score (nSPS) is 14.1. The van der Waals surface area contributed by atoms with Gasteiger partial charge >= 0.3 is 0 Å². The van der Waals surface area contributed by atoms with E-state index in [1.807, 2.05) is 47.0 Å². The summed E-state index contributed by atoms with van der Waals surface area (Å²) < 4.78 is 13.0. The summed E-state index contributed by atoms with van der Waals surface area (Å²) in [6.45, 7) is 4.70. The van der Waals surface area contributed by atoms with Crippen molar-refractivity contribution < 1.29 is 9.47 Å². The molecule has 0 bridgehead atoms. The van der Waals surface area contributed by atoms with E-state index < -0.39 is 0 Å². The number of benzene rings is 2. The largest absolute Gasteiger partial charge is 0.492 e. The molecule has 1 fully saturated rings. The van der Waals surface area contributed by atoms with Gasteiger partial charge < -0.3 is 14.8 Å². The van der Waals surface area contributed by atoms with Crippen molar-refractivity contribution in [3.63, 3.8) is 0 Å². The highest BCUT2D eigenvalue weighted by Crippen LogP contribution is 2.23. The fourth-order valence-electron chi connectivity index (χ4n) is 4.18. The van der Waals surface area contributed by atoms with Gasteiger partial charge in [-0.05, 0) is 67.9 Å². The van der Waals surface area contributed by atoms with Gasteiger partial charge in [-0.25, -0.2) is 4.52 Å². The predicted octanol–water partition coefficient (Wildman–Crippen LogP) is 4.76. The summed E-state index contributed by atoms with van der Waals surface area (Å²) in [5.41, 5.74) is 4.91. The number of pyridine rings is 1. The average molecular weight is 444 g/mol. The molecule has 0 spiro atoms. The Hall–Kier alpha value is -3.42. The summed E-state index contributed by atoms with van der Waals surface area (Å²) in [6.07, 6.45) is 2.61. The maximum atomic E-state index is 5.90. The van der Waals surface area contributed by atoms with E-state index in [0.717, 1.165) is 47.1 Å². The zero-order valence-corrected chi connectivity index (χ0v) is 18.9. The topological polar surface area (TPSA) is 63.9 Å². The average Bonchev–Trinajstić information content (AvgIpc) is 3.50. The minimum atomic E-state index is 0.557. The van der Waals surface area contributed by atoms with E-state index in [1.54, 1.807) is 7.11 Å². The Morgan fingerprint density at radius 1 is 0.939 bits per heavy atom. The Labute approximate surface area is 194 Å². The molecule has 1 saturated heterocycles. The third-order valence-electron chi connectivity index (χ3n) is 5.91. The molecule has 3 heterocycles. The molecule has 170 valence electrons. The molecule has 0 atom stereocenters. The second-order valence-electron chi connectivity index (χ2n) is 8.29. The van der Waals surface area contributed by atoms with Gasteiger partial charge in [0.1, 0.15) is 12.4 Å².